The number of rotatable bonds is 3. The maximum Gasteiger partial charge on any atom is 0.235 e. The molecule has 0 unspecified atom stereocenters. The van der Waals surface area contributed by atoms with E-state index in [1.807, 2.05) is 0 Å². The van der Waals surface area contributed by atoms with Crippen molar-refractivity contribution in [1.29, 1.82) is 0 Å². The quantitative estimate of drug-likeness (QED) is 0.838. The van der Waals surface area contributed by atoms with E-state index in [4.69, 9.17) is 21.1 Å². The summed E-state index contributed by atoms with van der Waals surface area (Å²) in [6, 6.07) is 2.69. The largest absolute Gasteiger partial charge is 0.467 e. The highest BCUT2D eigenvalue weighted by molar-refractivity contribution is 6.27. The fraction of sp³-hybridized carbons (Fsp3) is 0.364. The van der Waals surface area contributed by atoms with Crippen LogP contribution in [0.25, 0.3) is 0 Å². The van der Waals surface area contributed by atoms with E-state index in [0.717, 1.165) is 0 Å². The van der Waals surface area contributed by atoms with Crippen LogP contribution in [0.2, 0.25) is 0 Å². The van der Waals surface area contributed by atoms with Crippen LogP contribution in [0.3, 0.4) is 0 Å². The molecule has 0 aromatic heterocycles. The summed E-state index contributed by atoms with van der Waals surface area (Å²) in [5.74, 6) is -0.237. The van der Waals surface area contributed by atoms with E-state index in [2.05, 4.69) is 5.32 Å². The average Bonchev–Trinajstić information content (AvgIpc) is 2.35. The Labute approximate surface area is 103 Å². The lowest BCUT2D eigenvalue weighted by Crippen LogP contribution is -2.25. The van der Waals surface area contributed by atoms with Crippen molar-refractivity contribution >= 4 is 17.5 Å². The molecule has 1 heterocycles. The summed E-state index contributed by atoms with van der Waals surface area (Å²) in [6.45, 7) is 0.629. The van der Waals surface area contributed by atoms with Crippen LogP contribution in [0, 0.1) is 5.82 Å². The highest BCUT2D eigenvalue weighted by atomic mass is 35.5. The molecule has 0 saturated carbocycles. The van der Waals surface area contributed by atoms with Gasteiger partial charge < -0.3 is 14.8 Å². The van der Waals surface area contributed by atoms with Crippen molar-refractivity contribution in [1.82, 2.24) is 5.32 Å². The number of hydrogen-bond acceptors (Lipinski definition) is 3. The van der Waals surface area contributed by atoms with Crippen LogP contribution in [0.4, 0.5) is 4.39 Å². The van der Waals surface area contributed by atoms with Gasteiger partial charge in [0.05, 0.1) is 6.61 Å². The van der Waals surface area contributed by atoms with Crippen LogP contribution in [0.15, 0.2) is 12.1 Å². The number of ether oxygens (including phenoxy) is 2. The number of fused-ring (bicyclic) bond motifs is 1. The van der Waals surface area contributed by atoms with Gasteiger partial charge in [0.2, 0.25) is 5.91 Å². The first kappa shape index (κ1) is 12.1. The molecule has 0 spiro atoms. The van der Waals surface area contributed by atoms with E-state index in [-0.39, 0.29) is 30.9 Å². The summed E-state index contributed by atoms with van der Waals surface area (Å²) in [7, 11) is 0. The summed E-state index contributed by atoms with van der Waals surface area (Å²) in [6.07, 6.45) is 0. The van der Waals surface area contributed by atoms with Gasteiger partial charge in [0.25, 0.3) is 0 Å². The molecule has 1 N–H and O–H groups in total. The van der Waals surface area contributed by atoms with E-state index in [0.29, 0.717) is 23.5 Å². The molecule has 1 aliphatic rings. The maximum absolute atomic E-state index is 13.3. The lowest BCUT2D eigenvalue weighted by atomic mass is 10.1. The second-order valence-electron chi connectivity index (χ2n) is 3.57. The molecule has 0 aliphatic carbocycles. The first-order chi connectivity index (χ1) is 8.20. The molecule has 0 atom stereocenters. The molecule has 0 fully saturated rings. The molecule has 1 amide bonds. The minimum atomic E-state index is -0.382. The number of amides is 1. The molecule has 1 aromatic rings. The normalized spacial score (nSPS) is 13.8. The van der Waals surface area contributed by atoms with Gasteiger partial charge in [0.1, 0.15) is 17.4 Å². The van der Waals surface area contributed by atoms with E-state index in [1.54, 1.807) is 0 Å². The Bertz CT molecular complexity index is 439. The predicted molar refractivity (Wildman–Crippen MR) is 59.3 cm³/mol. The zero-order chi connectivity index (χ0) is 12.3. The van der Waals surface area contributed by atoms with Crippen molar-refractivity contribution in [3.63, 3.8) is 0 Å². The Balaban J connectivity index is 2.20. The maximum atomic E-state index is 13.3. The molecule has 0 saturated heterocycles. The zero-order valence-electron chi connectivity index (χ0n) is 8.96. The van der Waals surface area contributed by atoms with Crippen molar-refractivity contribution in [3.8, 4) is 5.75 Å². The molecule has 0 radical (unpaired) electrons. The molecule has 0 bridgehead atoms. The number of nitrogens with one attached hydrogen (secondary N) is 1. The zero-order valence-corrected chi connectivity index (χ0v) is 9.72. The van der Waals surface area contributed by atoms with Crippen molar-refractivity contribution in [2.24, 2.45) is 0 Å². The standard InChI is InChI=1S/C11H11ClFNO3/c12-3-10(15)14-4-7-1-9(13)2-8-5-16-6-17-11(7)8/h1-2H,3-6H2,(H,14,15). The Morgan fingerprint density at radius 1 is 1.53 bits per heavy atom. The number of halogens is 2. The van der Waals surface area contributed by atoms with Crippen molar-refractivity contribution in [2.75, 3.05) is 12.7 Å². The number of benzene rings is 1. The molecule has 6 heteroatoms. The van der Waals surface area contributed by atoms with Gasteiger partial charge in [-0.2, -0.15) is 0 Å². The van der Waals surface area contributed by atoms with Crippen molar-refractivity contribution in [2.45, 2.75) is 13.2 Å². The summed E-state index contributed by atoms with van der Waals surface area (Å²) in [4.78, 5) is 11.0. The van der Waals surface area contributed by atoms with Crippen molar-refractivity contribution in [3.05, 3.63) is 29.1 Å². The number of hydrogen-bond donors (Lipinski definition) is 1. The number of carbonyl (C=O) groups excluding carboxylic acids is 1. The minimum absolute atomic E-state index is 0.124. The Morgan fingerprint density at radius 2 is 2.35 bits per heavy atom. The third-order valence-corrected chi connectivity index (χ3v) is 2.59. The number of carbonyl (C=O) groups is 1. The third kappa shape index (κ3) is 2.87. The van der Waals surface area contributed by atoms with Crippen LogP contribution in [-0.2, 0) is 22.7 Å². The first-order valence-electron chi connectivity index (χ1n) is 5.05. The van der Waals surface area contributed by atoms with Crippen molar-refractivity contribution < 1.29 is 18.7 Å². The minimum Gasteiger partial charge on any atom is -0.467 e. The SMILES string of the molecule is O=C(CCl)NCc1cc(F)cc2c1OCOC2. The predicted octanol–water partition coefficient (Wildman–Crippen LogP) is 1.55. The molecular formula is C11H11ClFNO3. The molecule has 17 heavy (non-hydrogen) atoms. The first-order valence-corrected chi connectivity index (χ1v) is 5.58. The highest BCUT2D eigenvalue weighted by Gasteiger charge is 2.17. The summed E-state index contributed by atoms with van der Waals surface area (Å²) in [5.41, 5.74) is 1.23. The lowest BCUT2D eigenvalue weighted by molar-refractivity contribution is -0.118. The third-order valence-electron chi connectivity index (χ3n) is 2.35. The highest BCUT2D eigenvalue weighted by Crippen LogP contribution is 2.29. The van der Waals surface area contributed by atoms with Crippen LogP contribution >= 0.6 is 11.6 Å². The van der Waals surface area contributed by atoms with E-state index >= 15 is 0 Å². The lowest BCUT2D eigenvalue weighted by Gasteiger charge is -2.20. The van der Waals surface area contributed by atoms with E-state index < -0.39 is 0 Å². The molecule has 1 aromatic carbocycles. The fourth-order valence-corrected chi connectivity index (χ4v) is 1.72. The molecular weight excluding hydrogens is 249 g/mol. The summed E-state index contributed by atoms with van der Waals surface area (Å²) in [5, 5.41) is 2.57. The van der Waals surface area contributed by atoms with Crippen LogP contribution in [0.1, 0.15) is 11.1 Å². The van der Waals surface area contributed by atoms with Crippen LogP contribution in [-0.4, -0.2) is 18.6 Å². The van der Waals surface area contributed by atoms with Gasteiger partial charge in [0, 0.05) is 17.7 Å². The monoisotopic (exact) mass is 259 g/mol. The summed E-state index contributed by atoms with van der Waals surface area (Å²) >= 11 is 5.36. The van der Waals surface area contributed by atoms with E-state index in [9.17, 15) is 9.18 Å². The number of alkyl halides is 1. The molecule has 4 nitrogen and oxygen atoms in total. The summed E-state index contributed by atoms with van der Waals surface area (Å²) < 4.78 is 23.7. The van der Waals surface area contributed by atoms with Gasteiger partial charge in [-0.05, 0) is 12.1 Å². The van der Waals surface area contributed by atoms with Crippen LogP contribution < -0.4 is 10.1 Å². The Morgan fingerprint density at radius 3 is 3.12 bits per heavy atom. The van der Waals surface area contributed by atoms with Gasteiger partial charge >= 0.3 is 0 Å². The fourth-order valence-electron chi connectivity index (χ4n) is 1.63. The second kappa shape index (κ2) is 5.33. The molecule has 92 valence electrons. The van der Waals surface area contributed by atoms with Gasteiger partial charge in [-0.1, -0.05) is 0 Å². The smallest absolute Gasteiger partial charge is 0.235 e. The van der Waals surface area contributed by atoms with Gasteiger partial charge in [-0.3, -0.25) is 4.79 Å². The van der Waals surface area contributed by atoms with Gasteiger partial charge in [0.15, 0.2) is 6.79 Å². The Hall–Kier alpha value is -1.33. The Kier molecular flexibility index (Phi) is 3.81. The topological polar surface area (TPSA) is 47.6 Å². The molecule has 1 aliphatic heterocycles. The van der Waals surface area contributed by atoms with E-state index in [1.165, 1.54) is 12.1 Å². The van der Waals surface area contributed by atoms with Gasteiger partial charge in [-0.15, -0.1) is 11.6 Å². The molecule has 2 rings (SSSR count). The average molecular weight is 260 g/mol. The van der Waals surface area contributed by atoms with Gasteiger partial charge in [-0.25, -0.2) is 4.39 Å². The van der Waals surface area contributed by atoms with Crippen LogP contribution in [0.5, 0.6) is 5.75 Å². The second-order valence-corrected chi connectivity index (χ2v) is 3.84.